The highest BCUT2D eigenvalue weighted by atomic mass is 16.4. The van der Waals surface area contributed by atoms with Gasteiger partial charge in [-0.3, -0.25) is 9.69 Å². The first-order valence-corrected chi connectivity index (χ1v) is 7.56. The third-order valence-corrected chi connectivity index (χ3v) is 4.54. The lowest BCUT2D eigenvalue weighted by atomic mass is 10.1. The third kappa shape index (κ3) is 2.81. The Morgan fingerprint density at radius 1 is 1.38 bits per heavy atom. The summed E-state index contributed by atoms with van der Waals surface area (Å²) in [6, 6.07) is 9.01. The second-order valence-electron chi connectivity index (χ2n) is 5.99. The van der Waals surface area contributed by atoms with Gasteiger partial charge in [0.1, 0.15) is 0 Å². The summed E-state index contributed by atoms with van der Waals surface area (Å²) < 4.78 is 2.25. The van der Waals surface area contributed by atoms with Crippen LogP contribution < -0.4 is 0 Å². The number of fused-ring (bicyclic) bond motifs is 1. The molecule has 21 heavy (non-hydrogen) atoms. The van der Waals surface area contributed by atoms with Gasteiger partial charge in [-0.2, -0.15) is 0 Å². The fourth-order valence-corrected chi connectivity index (χ4v) is 3.12. The number of aromatic nitrogens is 1. The molecular formula is C17H22N2O2. The number of benzene rings is 1. The first-order valence-electron chi connectivity index (χ1n) is 7.56. The number of carbonyl (C=O) groups is 1. The molecule has 112 valence electrons. The van der Waals surface area contributed by atoms with Crippen LogP contribution in [0.2, 0.25) is 0 Å². The van der Waals surface area contributed by atoms with Crippen molar-refractivity contribution < 1.29 is 9.90 Å². The second kappa shape index (κ2) is 5.53. The van der Waals surface area contributed by atoms with E-state index in [0.29, 0.717) is 12.6 Å². The number of para-hydroxylation sites is 1. The molecule has 1 fully saturated rings. The van der Waals surface area contributed by atoms with Crippen LogP contribution in [0.3, 0.4) is 0 Å². The molecule has 1 heterocycles. The topological polar surface area (TPSA) is 45.5 Å². The van der Waals surface area contributed by atoms with Crippen molar-refractivity contribution >= 4 is 16.9 Å². The van der Waals surface area contributed by atoms with Crippen LogP contribution >= 0.6 is 0 Å². The molecule has 3 rings (SSSR count). The van der Waals surface area contributed by atoms with Crippen molar-refractivity contribution in [3.05, 3.63) is 35.5 Å². The van der Waals surface area contributed by atoms with Gasteiger partial charge in [0.15, 0.2) is 0 Å². The van der Waals surface area contributed by atoms with Crippen molar-refractivity contribution in [1.29, 1.82) is 0 Å². The normalized spacial score (nSPS) is 15.0. The third-order valence-electron chi connectivity index (χ3n) is 4.54. The highest BCUT2D eigenvalue weighted by molar-refractivity contribution is 5.85. The summed E-state index contributed by atoms with van der Waals surface area (Å²) in [4.78, 5) is 13.2. The van der Waals surface area contributed by atoms with Gasteiger partial charge in [0, 0.05) is 42.8 Å². The maximum absolute atomic E-state index is 10.8. The van der Waals surface area contributed by atoms with Crippen molar-refractivity contribution in [2.45, 2.75) is 38.8 Å². The summed E-state index contributed by atoms with van der Waals surface area (Å²) in [6.07, 6.45) is 2.62. The van der Waals surface area contributed by atoms with Crippen LogP contribution in [0, 0.1) is 6.92 Å². The van der Waals surface area contributed by atoms with E-state index in [2.05, 4.69) is 47.7 Å². The quantitative estimate of drug-likeness (QED) is 0.888. The number of aliphatic carboxylic acids is 1. The van der Waals surface area contributed by atoms with E-state index in [1.165, 1.54) is 35.0 Å². The van der Waals surface area contributed by atoms with E-state index in [1.54, 1.807) is 0 Å². The SMILES string of the molecule is Cc1c(CN(CCC(=O)O)C2CC2)n(C)c2ccccc12. The average molecular weight is 286 g/mol. The summed E-state index contributed by atoms with van der Waals surface area (Å²) in [5.41, 5.74) is 3.86. The molecule has 0 atom stereocenters. The molecular weight excluding hydrogens is 264 g/mol. The number of rotatable bonds is 6. The Labute approximate surface area is 125 Å². The second-order valence-corrected chi connectivity index (χ2v) is 5.99. The Morgan fingerprint density at radius 2 is 2.10 bits per heavy atom. The molecule has 0 unspecified atom stereocenters. The predicted octanol–water partition coefficient (Wildman–Crippen LogP) is 2.93. The Balaban J connectivity index is 1.87. The fourth-order valence-electron chi connectivity index (χ4n) is 3.12. The monoisotopic (exact) mass is 286 g/mol. The molecule has 1 aromatic heterocycles. The summed E-state index contributed by atoms with van der Waals surface area (Å²) in [5.74, 6) is -0.714. The van der Waals surface area contributed by atoms with E-state index in [4.69, 9.17) is 5.11 Å². The standard InChI is InChI=1S/C17H22N2O2/c1-12-14-5-3-4-6-15(14)18(2)16(12)11-19(13-7-8-13)10-9-17(20)21/h3-6,13H,7-11H2,1-2H3,(H,20,21). The van der Waals surface area contributed by atoms with E-state index in [-0.39, 0.29) is 6.42 Å². The summed E-state index contributed by atoms with van der Waals surface area (Å²) >= 11 is 0. The summed E-state index contributed by atoms with van der Waals surface area (Å²) in [7, 11) is 2.10. The molecule has 0 radical (unpaired) electrons. The van der Waals surface area contributed by atoms with Gasteiger partial charge in [-0.15, -0.1) is 0 Å². The first-order chi connectivity index (χ1) is 10.1. The van der Waals surface area contributed by atoms with E-state index >= 15 is 0 Å². The van der Waals surface area contributed by atoms with Crippen LogP contribution in [0.5, 0.6) is 0 Å². The zero-order chi connectivity index (χ0) is 15.0. The van der Waals surface area contributed by atoms with Crippen LogP contribution in [0.25, 0.3) is 10.9 Å². The highest BCUT2D eigenvalue weighted by Gasteiger charge is 2.30. The van der Waals surface area contributed by atoms with Gasteiger partial charge in [-0.1, -0.05) is 18.2 Å². The largest absolute Gasteiger partial charge is 0.481 e. The van der Waals surface area contributed by atoms with E-state index in [9.17, 15) is 4.79 Å². The van der Waals surface area contributed by atoms with Gasteiger partial charge in [-0.05, 0) is 31.4 Å². The summed E-state index contributed by atoms with van der Waals surface area (Å²) in [5, 5.41) is 10.2. The zero-order valence-corrected chi connectivity index (χ0v) is 12.7. The minimum Gasteiger partial charge on any atom is -0.481 e. The van der Waals surface area contributed by atoms with Gasteiger partial charge in [-0.25, -0.2) is 0 Å². The number of aryl methyl sites for hydroxylation is 2. The van der Waals surface area contributed by atoms with Crippen molar-refractivity contribution in [1.82, 2.24) is 9.47 Å². The Kier molecular flexibility index (Phi) is 3.72. The molecule has 1 aliphatic rings. The van der Waals surface area contributed by atoms with Gasteiger partial charge in [0.25, 0.3) is 0 Å². The highest BCUT2D eigenvalue weighted by Crippen LogP contribution is 2.31. The van der Waals surface area contributed by atoms with Gasteiger partial charge < -0.3 is 9.67 Å². The van der Waals surface area contributed by atoms with Gasteiger partial charge >= 0.3 is 5.97 Å². The van der Waals surface area contributed by atoms with Crippen LogP contribution in [-0.2, 0) is 18.4 Å². The minimum atomic E-state index is -0.714. The number of hydrogen-bond donors (Lipinski definition) is 1. The number of carboxylic acid groups (broad SMARTS) is 1. The first kappa shape index (κ1) is 14.1. The molecule has 1 aromatic carbocycles. The van der Waals surface area contributed by atoms with Crippen LogP contribution in [0.15, 0.2) is 24.3 Å². The molecule has 1 N–H and O–H groups in total. The summed E-state index contributed by atoms with van der Waals surface area (Å²) in [6.45, 7) is 3.65. The number of hydrogen-bond acceptors (Lipinski definition) is 2. The average Bonchev–Trinajstić information content (AvgIpc) is 3.27. The molecule has 4 heteroatoms. The van der Waals surface area contributed by atoms with E-state index in [1.807, 2.05) is 0 Å². The maximum atomic E-state index is 10.8. The van der Waals surface area contributed by atoms with E-state index in [0.717, 1.165) is 6.54 Å². The van der Waals surface area contributed by atoms with Crippen molar-refractivity contribution in [2.75, 3.05) is 6.54 Å². The number of nitrogens with zero attached hydrogens (tertiary/aromatic N) is 2. The molecule has 4 nitrogen and oxygen atoms in total. The van der Waals surface area contributed by atoms with Gasteiger partial charge in [0.05, 0.1) is 6.42 Å². The smallest absolute Gasteiger partial charge is 0.304 e. The molecule has 2 aromatic rings. The molecule has 0 saturated heterocycles. The van der Waals surface area contributed by atoms with E-state index < -0.39 is 5.97 Å². The lowest BCUT2D eigenvalue weighted by Gasteiger charge is -2.22. The van der Waals surface area contributed by atoms with Crippen LogP contribution in [0.1, 0.15) is 30.5 Å². The molecule has 0 bridgehead atoms. The zero-order valence-electron chi connectivity index (χ0n) is 12.7. The Hall–Kier alpha value is -1.81. The molecule has 1 saturated carbocycles. The molecule has 0 spiro atoms. The van der Waals surface area contributed by atoms with Crippen molar-refractivity contribution in [3.8, 4) is 0 Å². The maximum Gasteiger partial charge on any atom is 0.304 e. The van der Waals surface area contributed by atoms with Crippen LogP contribution in [-0.4, -0.2) is 33.1 Å². The lowest BCUT2D eigenvalue weighted by Crippen LogP contribution is -2.29. The Morgan fingerprint density at radius 3 is 2.71 bits per heavy atom. The molecule has 1 aliphatic carbocycles. The van der Waals surface area contributed by atoms with Crippen LogP contribution in [0.4, 0.5) is 0 Å². The predicted molar refractivity (Wildman–Crippen MR) is 83.3 cm³/mol. The lowest BCUT2D eigenvalue weighted by molar-refractivity contribution is -0.137. The molecule has 0 aliphatic heterocycles. The van der Waals surface area contributed by atoms with Crippen molar-refractivity contribution in [3.63, 3.8) is 0 Å². The van der Waals surface area contributed by atoms with Gasteiger partial charge in [0.2, 0.25) is 0 Å². The minimum absolute atomic E-state index is 0.222. The Bertz CT molecular complexity index is 632. The van der Waals surface area contributed by atoms with Crippen molar-refractivity contribution in [2.24, 2.45) is 7.05 Å². The fraction of sp³-hybridized carbons (Fsp3) is 0.471. The number of carboxylic acids is 1. The molecule has 0 amide bonds.